The van der Waals surface area contributed by atoms with Gasteiger partial charge in [-0.3, -0.25) is 9.59 Å². The number of carbonyl (C=O) groups is 2. The van der Waals surface area contributed by atoms with E-state index < -0.39 is 0 Å². The first-order valence-electron chi connectivity index (χ1n) is 12.4. The summed E-state index contributed by atoms with van der Waals surface area (Å²) in [5.41, 5.74) is 1.05. The third kappa shape index (κ3) is 5.35. The molecule has 1 saturated heterocycles. The van der Waals surface area contributed by atoms with Crippen LogP contribution in [0, 0.1) is 5.41 Å². The SMILES string of the molecule is O=C1NCC2(CCCCCCOc3ccc(Cl)cc31)CCN(C(=O)c1ccc3c(c1)OCO3)CC2. The molecule has 0 atom stereocenters. The number of piperidine rings is 1. The Balaban J connectivity index is 1.27. The Bertz CT molecular complexity index is 1100. The number of rotatable bonds is 1. The normalized spacial score (nSPS) is 20.0. The summed E-state index contributed by atoms with van der Waals surface area (Å²) in [6, 6.07) is 10.5. The van der Waals surface area contributed by atoms with Crippen LogP contribution in [-0.4, -0.2) is 49.7 Å². The van der Waals surface area contributed by atoms with Crippen LogP contribution in [0.15, 0.2) is 36.4 Å². The zero-order chi connectivity index (χ0) is 24.3. The molecule has 0 bridgehead atoms. The van der Waals surface area contributed by atoms with E-state index in [9.17, 15) is 9.59 Å². The first kappa shape index (κ1) is 23.8. The van der Waals surface area contributed by atoms with Crippen molar-refractivity contribution in [1.82, 2.24) is 10.2 Å². The lowest BCUT2D eigenvalue weighted by atomic mass is 9.74. The Morgan fingerprint density at radius 2 is 1.66 bits per heavy atom. The topological polar surface area (TPSA) is 77.1 Å². The van der Waals surface area contributed by atoms with Crippen LogP contribution in [0.5, 0.6) is 17.2 Å². The lowest BCUT2D eigenvalue weighted by Gasteiger charge is -2.42. The summed E-state index contributed by atoms with van der Waals surface area (Å²) in [4.78, 5) is 28.2. The van der Waals surface area contributed by atoms with E-state index in [1.165, 1.54) is 0 Å². The van der Waals surface area contributed by atoms with Gasteiger partial charge in [-0.25, -0.2) is 0 Å². The van der Waals surface area contributed by atoms with Gasteiger partial charge >= 0.3 is 0 Å². The summed E-state index contributed by atoms with van der Waals surface area (Å²) in [6.07, 6.45) is 7.01. The molecule has 3 aliphatic heterocycles. The van der Waals surface area contributed by atoms with Gasteiger partial charge in [-0.1, -0.05) is 30.9 Å². The van der Waals surface area contributed by atoms with Gasteiger partial charge in [0.2, 0.25) is 6.79 Å². The van der Waals surface area contributed by atoms with Gasteiger partial charge in [0, 0.05) is 30.2 Å². The molecule has 1 spiro atoms. The number of benzene rings is 2. The van der Waals surface area contributed by atoms with Gasteiger partial charge in [0.1, 0.15) is 5.75 Å². The van der Waals surface area contributed by atoms with Crippen molar-refractivity contribution < 1.29 is 23.8 Å². The van der Waals surface area contributed by atoms with Crippen molar-refractivity contribution in [1.29, 1.82) is 0 Å². The molecule has 0 unspecified atom stereocenters. The molecule has 1 N–H and O–H groups in total. The maximum atomic E-state index is 13.2. The van der Waals surface area contributed by atoms with Gasteiger partial charge in [0.25, 0.3) is 11.8 Å². The third-order valence-electron chi connectivity index (χ3n) is 7.40. The molecule has 1 fully saturated rings. The molecular formula is C27H31ClN2O5. The minimum Gasteiger partial charge on any atom is -0.493 e. The molecule has 2 aromatic rings. The van der Waals surface area contributed by atoms with Gasteiger partial charge in [-0.2, -0.15) is 0 Å². The molecule has 0 aromatic heterocycles. The number of carbonyl (C=O) groups excluding carboxylic acids is 2. The smallest absolute Gasteiger partial charge is 0.255 e. The van der Waals surface area contributed by atoms with E-state index in [2.05, 4.69) is 5.32 Å². The van der Waals surface area contributed by atoms with E-state index in [0.717, 1.165) is 44.9 Å². The maximum Gasteiger partial charge on any atom is 0.255 e. The Labute approximate surface area is 210 Å². The number of nitrogens with one attached hydrogen (secondary N) is 1. The molecule has 8 heteroatoms. The average Bonchev–Trinajstić information content (AvgIpc) is 3.35. The zero-order valence-corrected chi connectivity index (χ0v) is 20.6. The minimum atomic E-state index is -0.167. The molecule has 186 valence electrons. The second-order valence-electron chi connectivity index (χ2n) is 9.70. The van der Waals surface area contributed by atoms with E-state index >= 15 is 0 Å². The van der Waals surface area contributed by atoms with Crippen LogP contribution < -0.4 is 19.5 Å². The zero-order valence-electron chi connectivity index (χ0n) is 19.8. The van der Waals surface area contributed by atoms with Gasteiger partial charge in [0.15, 0.2) is 11.5 Å². The highest BCUT2D eigenvalue weighted by Crippen LogP contribution is 2.38. The molecule has 0 saturated carbocycles. The van der Waals surface area contributed by atoms with Crippen molar-refractivity contribution >= 4 is 23.4 Å². The third-order valence-corrected chi connectivity index (χ3v) is 7.64. The Kier molecular flexibility index (Phi) is 7.04. The van der Waals surface area contributed by atoms with E-state index in [1.54, 1.807) is 36.4 Å². The molecule has 7 nitrogen and oxygen atoms in total. The summed E-state index contributed by atoms with van der Waals surface area (Å²) in [5.74, 6) is 1.70. The van der Waals surface area contributed by atoms with Crippen molar-refractivity contribution in [2.45, 2.75) is 44.9 Å². The van der Waals surface area contributed by atoms with Gasteiger partial charge in [-0.05, 0) is 67.5 Å². The number of fused-ring (bicyclic) bond motifs is 2. The summed E-state index contributed by atoms with van der Waals surface area (Å²) >= 11 is 6.18. The number of ether oxygens (including phenoxy) is 3. The summed E-state index contributed by atoms with van der Waals surface area (Å²) in [5, 5.41) is 3.67. The maximum absolute atomic E-state index is 13.2. The summed E-state index contributed by atoms with van der Waals surface area (Å²) in [6.45, 7) is 2.67. The Hall–Kier alpha value is -2.93. The second kappa shape index (κ2) is 10.4. The fourth-order valence-corrected chi connectivity index (χ4v) is 5.39. The molecule has 3 aliphatic rings. The van der Waals surface area contributed by atoms with Crippen molar-refractivity contribution in [2.75, 3.05) is 33.0 Å². The fraction of sp³-hybridized carbons (Fsp3) is 0.481. The van der Waals surface area contributed by atoms with Crippen molar-refractivity contribution in [3.05, 3.63) is 52.5 Å². The van der Waals surface area contributed by atoms with Crippen LogP contribution >= 0.6 is 11.6 Å². The van der Waals surface area contributed by atoms with E-state index in [1.807, 2.05) is 4.90 Å². The average molecular weight is 499 g/mol. The Morgan fingerprint density at radius 1 is 0.886 bits per heavy atom. The molecule has 5 rings (SSSR count). The minimum absolute atomic E-state index is 0.00699. The van der Waals surface area contributed by atoms with Crippen LogP contribution in [0.4, 0.5) is 0 Å². The molecule has 2 aromatic carbocycles. The number of halogens is 1. The first-order chi connectivity index (χ1) is 17.0. The predicted octanol–water partition coefficient (Wildman–Crippen LogP) is 5.06. The van der Waals surface area contributed by atoms with Crippen LogP contribution in [-0.2, 0) is 0 Å². The van der Waals surface area contributed by atoms with Crippen molar-refractivity contribution in [2.24, 2.45) is 5.41 Å². The standard InChI is InChI=1S/C27H31ClN2O5/c28-20-6-8-22-21(16-20)25(31)29-17-27(9-3-1-2-4-14-33-22)10-12-30(13-11-27)26(32)19-5-7-23-24(15-19)35-18-34-23/h5-8,15-16H,1-4,9-14,17-18H2,(H,29,31). The summed E-state index contributed by atoms with van der Waals surface area (Å²) in [7, 11) is 0. The number of likely N-dealkylation sites (tertiary alicyclic amines) is 1. The Morgan fingerprint density at radius 3 is 2.51 bits per heavy atom. The lowest BCUT2D eigenvalue weighted by molar-refractivity contribution is 0.0535. The van der Waals surface area contributed by atoms with Crippen molar-refractivity contribution in [3.8, 4) is 17.2 Å². The number of amides is 2. The molecule has 2 amide bonds. The monoisotopic (exact) mass is 498 g/mol. The largest absolute Gasteiger partial charge is 0.493 e. The van der Waals surface area contributed by atoms with Gasteiger partial charge < -0.3 is 24.4 Å². The summed E-state index contributed by atoms with van der Waals surface area (Å²) < 4.78 is 16.7. The van der Waals surface area contributed by atoms with Crippen LogP contribution in [0.2, 0.25) is 5.02 Å². The van der Waals surface area contributed by atoms with E-state index in [-0.39, 0.29) is 24.0 Å². The first-order valence-corrected chi connectivity index (χ1v) is 12.8. The molecule has 0 aliphatic carbocycles. The van der Waals surface area contributed by atoms with Crippen LogP contribution in [0.3, 0.4) is 0 Å². The number of hydrogen-bond donors (Lipinski definition) is 1. The molecule has 3 heterocycles. The van der Waals surface area contributed by atoms with Crippen LogP contribution in [0.1, 0.15) is 65.7 Å². The lowest BCUT2D eigenvalue weighted by Crippen LogP contribution is -2.48. The molecule has 35 heavy (non-hydrogen) atoms. The van der Waals surface area contributed by atoms with E-state index in [0.29, 0.717) is 59.6 Å². The molecular weight excluding hydrogens is 468 g/mol. The van der Waals surface area contributed by atoms with Crippen molar-refractivity contribution in [3.63, 3.8) is 0 Å². The fourth-order valence-electron chi connectivity index (χ4n) is 5.22. The predicted molar refractivity (Wildman–Crippen MR) is 133 cm³/mol. The van der Waals surface area contributed by atoms with Crippen LogP contribution in [0.25, 0.3) is 0 Å². The highest BCUT2D eigenvalue weighted by molar-refractivity contribution is 6.31. The highest BCUT2D eigenvalue weighted by atomic mass is 35.5. The quantitative estimate of drug-likeness (QED) is 0.594. The van der Waals surface area contributed by atoms with Gasteiger partial charge in [0.05, 0.1) is 12.2 Å². The van der Waals surface area contributed by atoms with Gasteiger partial charge in [-0.15, -0.1) is 0 Å². The number of nitrogens with zero attached hydrogens (tertiary/aromatic N) is 1. The highest BCUT2D eigenvalue weighted by Gasteiger charge is 2.36. The second-order valence-corrected chi connectivity index (χ2v) is 10.1. The van der Waals surface area contributed by atoms with E-state index in [4.69, 9.17) is 25.8 Å². The number of hydrogen-bond acceptors (Lipinski definition) is 5. The molecule has 0 radical (unpaired) electrons.